The van der Waals surface area contributed by atoms with Gasteiger partial charge in [-0.2, -0.15) is 0 Å². The van der Waals surface area contributed by atoms with Gasteiger partial charge in [0.25, 0.3) is 0 Å². The Balaban J connectivity index is 3.22. The monoisotopic (exact) mass is 297 g/mol. The van der Waals surface area contributed by atoms with Gasteiger partial charge >= 0.3 is 0 Å². The van der Waals surface area contributed by atoms with E-state index in [0.29, 0.717) is 11.6 Å². The fourth-order valence-electron chi connectivity index (χ4n) is 2.94. The Morgan fingerprint density at radius 1 is 1.10 bits per heavy atom. The second-order valence-corrected chi connectivity index (χ2v) is 8.23. The van der Waals surface area contributed by atoms with E-state index in [1.807, 2.05) is 25.1 Å². The van der Waals surface area contributed by atoms with E-state index < -0.39 is 0 Å². The smallest absolute Gasteiger partial charge is 0.138 e. The van der Waals surface area contributed by atoms with Crippen LogP contribution in [-0.4, -0.2) is 24.1 Å². The van der Waals surface area contributed by atoms with Crippen molar-refractivity contribution in [1.29, 1.82) is 0 Å². The third-order valence-electron chi connectivity index (χ3n) is 3.38. The molecule has 0 aliphatic heterocycles. The first kappa shape index (κ1) is 17.3. The lowest BCUT2D eigenvalue weighted by atomic mass is 9.72. The van der Waals surface area contributed by atoms with Crippen LogP contribution in [-0.2, 0) is 12.0 Å². The highest BCUT2D eigenvalue weighted by Gasteiger charge is 2.28. The fraction of sp³-hybridized carbons (Fsp3) is 0.647. The van der Waals surface area contributed by atoms with Gasteiger partial charge in [-0.05, 0) is 43.0 Å². The predicted molar refractivity (Wildman–Crippen MR) is 87.6 cm³/mol. The molecule has 0 atom stereocenters. The van der Waals surface area contributed by atoms with Crippen LogP contribution < -0.4 is 0 Å². The number of phenols is 1. The van der Waals surface area contributed by atoms with E-state index >= 15 is 0 Å². The minimum absolute atomic E-state index is 0.0245. The van der Waals surface area contributed by atoms with Crippen molar-refractivity contribution in [3.05, 3.63) is 28.3 Å². The molecule has 114 valence electrons. The number of halogens is 1. The zero-order valence-electron chi connectivity index (χ0n) is 13.8. The molecule has 1 aromatic rings. The molecular formula is C17H28ClNO. The molecule has 0 heterocycles. The Hall–Kier alpha value is -0.730. The number of hydrogen-bond acceptors (Lipinski definition) is 2. The molecule has 0 bridgehead atoms. The average molecular weight is 298 g/mol. The molecule has 0 aliphatic rings. The summed E-state index contributed by atoms with van der Waals surface area (Å²) in [5, 5.41) is 10.6. The zero-order chi connectivity index (χ0) is 15.7. The summed E-state index contributed by atoms with van der Waals surface area (Å²) in [6.45, 7) is 11.9. The van der Waals surface area contributed by atoms with Gasteiger partial charge in [0.05, 0.1) is 5.02 Å². The normalized spacial score (nSPS) is 13.1. The summed E-state index contributed by atoms with van der Waals surface area (Å²) in [6.07, 6.45) is 1.06. The van der Waals surface area contributed by atoms with Crippen LogP contribution in [0.25, 0.3) is 0 Å². The Morgan fingerprint density at radius 3 is 2.10 bits per heavy atom. The first-order valence-corrected chi connectivity index (χ1v) is 7.47. The van der Waals surface area contributed by atoms with E-state index in [-0.39, 0.29) is 16.6 Å². The molecule has 1 rings (SSSR count). The van der Waals surface area contributed by atoms with E-state index in [4.69, 9.17) is 11.6 Å². The fourth-order valence-corrected chi connectivity index (χ4v) is 3.17. The number of aromatic hydroxyl groups is 1. The van der Waals surface area contributed by atoms with Crippen LogP contribution in [0.2, 0.25) is 5.02 Å². The van der Waals surface area contributed by atoms with E-state index in [1.165, 1.54) is 5.56 Å². The van der Waals surface area contributed by atoms with E-state index in [0.717, 1.165) is 12.0 Å². The van der Waals surface area contributed by atoms with Crippen LogP contribution in [0.4, 0.5) is 0 Å². The van der Waals surface area contributed by atoms with Gasteiger partial charge in [-0.3, -0.25) is 0 Å². The standard InChI is InChI=1S/C17H28ClNO/c1-16(2,3)11-17(4,5)13-8-12(10-19(6)7)15(20)14(18)9-13/h8-9,20H,10-11H2,1-7H3. The SMILES string of the molecule is CN(C)Cc1cc(C(C)(C)CC(C)(C)C)cc(Cl)c1O. The predicted octanol–water partition coefficient (Wildman–Crippen LogP) is 4.82. The van der Waals surface area contributed by atoms with Gasteiger partial charge in [0.2, 0.25) is 0 Å². The molecule has 0 spiro atoms. The first-order chi connectivity index (χ1) is 8.92. The molecule has 0 aliphatic carbocycles. The summed E-state index contributed by atoms with van der Waals surface area (Å²) in [6, 6.07) is 3.99. The van der Waals surface area contributed by atoms with Crippen molar-refractivity contribution in [2.75, 3.05) is 14.1 Å². The van der Waals surface area contributed by atoms with Crippen LogP contribution >= 0.6 is 11.6 Å². The first-order valence-electron chi connectivity index (χ1n) is 7.09. The van der Waals surface area contributed by atoms with Gasteiger partial charge in [-0.15, -0.1) is 0 Å². The molecule has 1 aromatic carbocycles. The Kier molecular flexibility index (Phi) is 5.15. The second kappa shape index (κ2) is 5.95. The molecule has 1 N–H and O–H groups in total. The summed E-state index contributed by atoms with van der Waals surface area (Å²) in [4.78, 5) is 2.03. The number of nitrogens with zero attached hydrogens (tertiary/aromatic N) is 1. The van der Waals surface area contributed by atoms with Gasteiger partial charge in [0.1, 0.15) is 5.75 Å². The topological polar surface area (TPSA) is 23.5 Å². The zero-order valence-corrected chi connectivity index (χ0v) is 14.6. The number of benzene rings is 1. The van der Waals surface area contributed by atoms with Crippen LogP contribution in [0.3, 0.4) is 0 Å². The van der Waals surface area contributed by atoms with Gasteiger partial charge in [0, 0.05) is 12.1 Å². The largest absolute Gasteiger partial charge is 0.506 e. The highest BCUT2D eigenvalue weighted by molar-refractivity contribution is 6.32. The Labute approximate surface area is 128 Å². The summed E-state index contributed by atoms with van der Waals surface area (Å²) in [5.41, 5.74) is 2.35. The summed E-state index contributed by atoms with van der Waals surface area (Å²) >= 11 is 6.21. The summed E-state index contributed by atoms with van der Waals surface area (Å²) in [7, 11) is 3.97. The van der Waals surface area contributed by atoms with Crippen molar-refractivity contribution in [2.24, 2.45) is 5.41 Å². The molecular weight excluding hydrogens is 270 g/mol. The van der Waals surface area contributed by atoms with Crippen molar-refractivity contribution in [1.82, 2.24) is 4.90 Å². The molecule has 0 aromatic heterocycles. The average Bonchev–Trinajstić information content (AvgIpc) is 2.20. The van der Waals surface area contributed by atoms with Crippen molar-refractivity contribution < 1.29 is 5.11 Å². The summed E-state index contributed by atoms with van der Waals surface area (Å²) < 4.78 is 0. The molecule has 0 saturated heterocycles. The van der Waals surface area contributed by atoms with Gasteiger partial charge in [-0.25, -0.2) is 0 Å². The molecule has 0 fully saturated rings. The lowest BCUT2D eigenvalue weighted by molar-refractivity contribution is 0.283. The molecule has 20 heavy (non-hydrogen) atoms. The van der Waals surface area contributed by atoms with Crippen LogP contribution in [0.5, 0.6) is 5.75 Å². The van der Waals surface area contributed by atoms with Gasteiger partial charge < -0.3 is 10.0 Å². The highest BCUT2D eigenvalue weighted by atomic mass is 35.5. The lowest BCUT2D eigenvalue weighted by Gasteiger charge is -2.33. The van der Waals surface area contributed by atoms with Crippen LogP contribution in [0, 0.1) is 5.41 Å². The lowest BCUT2D eigenvalue weighted by Crippen LogP contribution is -2.25. The number of rotatable bonds is 4. The molecule has 0 saturated carbocycles. The van der Waals surface area contributed by atoms with E-state index in [9.17, 15) is 5.11 Å². The van der Waals surface area contributed by atoms with Crippen LogP contribution in [0.1, 0.15) is 52.2 Å². The maximum absolute atomic E-state index is 10.1. The molecule has 2 nitrogen and oxygen atoms in total. The van der Waals surface area contributed by atoms with Crippen LogP contribution in [0.15, 0.2) is 12.1 Å². The summed E-state index contributed by atoms with van der Waals surface area (Å²) in [5.74, 6) is 0.204. The number of hydrogen-bond donors (Lipinski definition) is 1. The Bertz CT molecular complexity index is 473. The minimum atomic E-state index is 0.0245. The van der Waals surface area contributed by atoms with Crippen molar-refractivity contribution in [3.63, 3.8) is 0 Å². The van der Waals surface area contributed by atoms with E-state index in [1.54, 1.807) is 0 Å². The van der Waals surface area contributed by atoms with Crippen molar-refractivity contribution in [2.45, 2.75) is 53.0 Å². The molecule has 0 radical (unpaired) electrons. The molecule has 0 amide bonds. The maximum Gasteiger partial charge on any atom is 0.138 e. The number of phenolic OH excluding ortho intramolecular Hbond substituents is 1. The van der Waals surface area contributed by atoms with Gasteiger partial charge in [-0.1, -0.05) is 52.3 Å². The quantitative estimate of drug-likeness (QED) is 0.861. The maximum atomic E-state index is 10.1. The van der Waals surface area contributed by atoms with E-state index in [2.05, 4.69) is 40.7 Å². The van der Waals surface area contributed by atoms with Crippen molar-refractivity contribution in [3.8, 4) is 5.75 Å². The Morgan fingerprint density at radius 2 is 1.65 bits per heavy atom. The highest BCUT2D eigenvalue weighted by Crippen LogP contribution is 2.40. The van der Waals surface area contributed by atoms with Gasteiger partial charge in [0.15, 0.2) is 0 Å². The third-order valence-corrected chi connectivity index (χ3v) is 3.67. The third kappa shape index (κ3) is 4.68. The second-order valence-electron chi connectivity index (χ2n) is 7.82. The molecule has 3 heteroatoms. The molecule has 0 unspecified atom stereocenters. The van der Waals surface area contributed by atoms with Crippen molar-refractivity contribution >= 4 is 11.6 Å². The minimum Gasteiger partial charge on any atom is -0.506 e.